The van der Waals surface area contributed by atoms with Gasteiger partial charge in [-0.15, -0.1) is 11.8 Å². The first-order valence-corrected chi connectivity index (χ1v) is 7.48. The van der Waals surface area contributed by atoms with Gasteiger partial charge in [0, 0.05) is 22.7 Å². The van der Waals surface area contributed by atoms with Crippen molar-refractivity contribution in [3.8, 4) is 0 Å². The number of hydrogen-bond acceptors (Lipinski definition) is 4. The average molecular weight is 285 g/mol. The van der Waals surface area contributed by atoms with Gasteiger partial charge >= 0.3 is 5.97 Å². The van der Waals surface area contributed by atoms with Crippen molar-refractivity contribution in [3.05, 3.63) is 17.5 Å². The summed E-state index contributed by atoms with van der Waals surface area (Å²) in [5, 5.41) is 13.5. The number of hydrogen-bond donors (Lipinski definition) is 2. The van der Waals surface area contributed by atoms with Crippen molar-refractivity contribution >= 4 is 17.7 Å². The van der Waals surface area contributed by atoms with Crippen molar-refractivity contribution in [3.63, 3.8) is 0 Å². The van der Waals surface area contributed by atoms with E-state index in [1.165, 1.54) is 0 Å². The molecule has 0 amide bonds. The Morgan fingerprint density at radius 1 is 1.58 bits per heavy atom. The van der Waals surface area contributed by atoms with Crippen LogP contribution in [0, 0.1) is 0 Å². The van der Waals surface area contributed by atoms with E-state index in [1.807, 2.05) is 18.5 Å². The second-order valence-corrected chi connectivity index (χ2v) is 6.63. The van der Waals surface area contributed by atoms with E-state index in [0.29, 0.717) is 0 Å². The van der Waals surface area contributed by atoms with Gasteiger partial charge < -0.3 is 10.8 Å². The molecule has 1 atom stereocenters. The molecule has 0 spiro atoms. The van der Waals surface area contributed by atoms with Crippen LogP contribution >= 0.6 is 11.8 Å². The molecular formula is C13H23N3O2S. The van der Waals surface area contributed by atoms with Crippen LogP contribution in [0.5, 0.6) is 0 Å². The Labute approximate surface area is 118 Å². The van der Waals surface area contributed by atoms with Gasteiger partial charge in [0.1, 0.15) is 6.04 Å². The van der Waals surface area contributed by atoms with Gasteiger partial charge in [0.15, 0.2) is 0 Å². The molecule has 0 aliphatic carbocycles. The Morgan fingerprint density at radius 2 is 2.21 bits per heavy atom. The summed E-state index contributed by atoms with van der Waals surface area (Å²) in [4.78, 5) is 11.0. The van der Waals surface area contributed by atoms with Crippen molar-refractivity contribution in [2.45, 2.75) is 57.2 Å². The highest BCUT2D eigenvalue weighted by atomic mass is 32.2. The minimum Gasteiger partial charge on any atom is -0.480 e. The van der Waals surface area contributed by atoms with Crippen molar-refractivity contribution < 1.29 is 9.90 Å². The summed E-state index contributed by atoms with van der Waals surface area (Å²) >= 11 is 1.55. The molecule has 0 fully saturated rings. The van der Waals surface area contributed by atoms with Crippen molar-refractivity contribution in [1.82, 2.24) is 9.78 Å². The van der Waals surface area contributed by atoms with E-state index in [2.05, 4.69) is 25.0 Å². The Balaban J connectivity index is 2.75. The maximum absolute atomic E-state index is 11.0. The standard InChI is InChI=1S/C13H23N3O2S/c1-5-9-7-10(16(6-2)15-9)8-19-13(3,4)11(14)12(17)18/h7,11H,5-6,8,14H2,1-4H3,(H,17,18)/t11-/m1/s1. The van der Waals surface area contributed by atoms with Gasteiger partial charge in [-0.3, -0.25) is 9.48 Å². The second-order valence-electron chi connectivity index (χ2n) is 5.00. The molecule has 6 heteroatoms. The summed E-state index contributed by atoms with van der Waals surface area (Å²) in [5.41, 5.74) is 7.91. The van der Waals surface area contributed by atoms with Crippen LogP contribution in [0.2, 0.25) is 0 Å². The van der Waals surface area contributed by atoms with E-state index in [4.69, 9.17) is 10.8 Å². The smallest absolute Gasteiger partial charge is 0.321 e. The van der Waals surface area contributed by atoms with Crippen molar-refractivity contribution in [2.75, 3.05) is 0 Å². The fourth-order valence-electron chi connectivity index (χ4n) is 1.72. The number of aliphatic carboxylic acids is 1. The van der Waals surface area contributed by atoms with Crippen molar-refractivity contribution in [1.29, 1.82) is 0 Å². The van der Waals surface area contributed by atoms with E-state index in [0.717, 1.165) is 30.1 Å². The van der Waals surface area contributed by atoms with Gasteiger partial charge in [-0.05, 0) is 33.3 Å². The zero-order chi connectivity index (χ0) is 14.6. The summed E-state index contributed by atoms with van der Waals surface area (Å²) in [7, 11) is 0. The lowest BCUT2D eigenvalue weighted by molar-refractivity contribution is -0.139. The molecule has 3 N–H and O–H groups in total. The predicted molar refractivity (Wildman–Crippen MR) is 78.3 cm³/mol. The van der Waals surface area contributed by atoms with Gasteiger partial charge in [0.05, 0.1) is 5.69 Å². The number of thioether (sulfide) groups is 1. The molecule has 0 saturated carbocycles. The van der Waals surface area contributed by atoms with E-state index in [9.17, 15) is 4.79 Å². The minimum atomic E-state index is -0.962. The Hall–Kier alpha value is -1.01. The lowest BCUT2D eigenvalue weighted by atomic mass is 10.1. The second kappa shape index (κ2) is 6.43. The number of nitrogens with zero attached hydrogens (tertiary/aromatic N) is 2. The molecule has 5 nitrogen and oxygen atoms in total. The van der Waals surface area contributed by atoms with Crippen LogP contribution in [-0.2, 0) is 23.5 Å². The van der Waals surface area contributed by atoms with Crippen LogP contribution in [0.4, 0.5) is 0 Å². The Bertz CT molecular complexity index is 443. The lowest BCUT2D eigenvalue weighted by Gasteiger charge is -2.27. The summed E-state index contributed by atoms with van der Waals surface area (Å²) in [6, 6.07) is 1.21. The topological polar surface area (TPSA) is 81.1 Å². The highest BCUT2D eigenvalue weighted by Crippen LogP contribution is 2.30. The number of aromatic nitrogens is 2. The molecule has 0 bridgehead atoms. The third kappa shape index (κ3) is 3.98. The molecule has 0 aliphatic rings. The lowest BCUT2D eigenvalue weighted by Crippen LogP contribution is -2.46. The largest absolute Gasteiger partial charge is 0.480 e. The van der Waals surface area contributed by atoms with Gasteiger partial charge in [0.25, 0.3) is 0 Å². The maximum atomic E-state index is 11.0. The highest BCUT2D eigenvalue weighted by Gasteiger charge is 2.32. The fourth-order valence-corrected chi connectivity index (χ4v) is 2.76. The van der Waals surface area contributed by atoms with E-state index in [-0.39, 0.29) is 0 Å². The first-order valence-electron chi connectivity index (χ1n) is 6.49. The zero-order valence-electron chi connectivity index (χ0n) is 12.0. The van der Waals surface area contributed by atoms with E-state index >= 15 is 0 Å². The monoisotopic (exact) mass is 285 g/mol. The van der Waals surface area contributed by atoms with Gasteiger partial charge in [-0.1, -0.05) is 6.92 Å². The van der Waals surface area contributed by atoms with Crippen LogP contribution in [-0.4, -0.2) is 31.6 Å². The maximum Gasteiger partial charge on any atom is 0.321 e. The van der Waals surface area contributed by atoms with Crippen LogP contribution in [0.3, 0.4) is 0 Å². The number of aryl methyl sites for hydroxylation is 2. The minimum absolute atomic E-state index is 0.513. The molecule has 0 radical (unpaired) electrons. The predicted octanol–water partition coefficient (Wildman–Crippen LogP) is 1.89. The molecule has 1 aromatic heterocycles. The SMILES string of the molecule is CCc1cc(CSC(C)(C)[C@H](N)C(=O)O)n(CC)n1. The zero-order valence-corrected chi connectivity index (χ0v) is 12.8. The molecule has 0 saturated heterocycles. The third-order valence-corrected chi connectivity index (χ3v) is 4.62. The highest BCUT2D eigenvalue weighted by molar-refractivity contribution is 7.99. The normalized spacial score (nSPS) is 13.5. The fraction of sp³-hybridized carbons (Fsp3) is 0.692. The molecular weight excluding hydrogens is 262 g/mol. The van der Waals surface area contributed by atoms with Crippen LogP contribution < -0.4 is 5.73 Å². The Kier molecular flexibility index (Phi) is 5.43. The number of rotatable bonds is 7. The quantitative estimate of drug-likeness (QED) is 0.799. The molecule has 0 aromatic carbocycles. The first kappa shape index (κ1) is 16.0. The number of carbonyl (C=O) groups is 1. The summed E-state index contributed by atoms with van der Waals surface area (Å²) in [6.45, 7) is 8.67. The summed E-state index contributed by atoms with van der Waals surface area (Å²) in [5.74, 6) is -0.245. The number of carboxylic acid groups (broad SMARTS) is 1. The number of nitrogens with two attached hydrogens (primary N) is 1. The molecule has 1 rings (SSSR count). The van der Waals surface area contributed by atoms with Gasteiger partial charge in [-0.25, -0.2) is 0 Å². The summed E-state index contributed by atoms with van der Waals surface area (Å²) < 4.78 is 1.45. The molecule has 19 heavy (non-hydrogen) atoms. The average Bonchev–Trinajstić information content (AvgIpc) is 2.77. The van der Waals surface area contributed by atoms with Crippen LogP contribution in [0.1, 0.15) is 39.1 Å². The third-order valence-electron chi connectivity index (χ3n) is 3.18. The van der Waals surface area contributed by atoms with Crippen molar-refractivity contribution in [2.24, 2.45) is 5.73 Å². The van der Waals surface area contributed by atoms with E-state index < -0.39 is 16.8 Å². The molecule has 108 valence electrons. The molecule has 0 unspecified atom stereocenters. The van der Waals surface area contributed by atoms with E-state index in [1.54, 1.807) is 11.8 Å². The Morgan fingerprint density at radius 3 is 2.68 bits per heavy atom. The van der Waals surface area contributed by atoms with Crippen LogP contribution in [0.25, 0.3) is 0 Å². The van der Waals surface area contributed by atoms with Gasteiger partial charge in [-0.2, -0.15) is 5.10 Å². The number of carboxylic acids is 1. The molecule has 1 heterocycles. The first-order chi connectivity index (χ1) is 8.81. The van der Waals surface area contributed by atoms with Crippen LogP contribution in [0.15, 0.2) is 6.07 Å². The molecule has 0 aliphatic heterocycles. The summed E-state index contributed by atoms with van der Waals surface area (Å²) in [6.07, 6.45) is 0.905. The van der Waals surface area contributed by atoms with Gasteiger partial charge in [0.2, 0.25) is 0 Å². The molecule has 1 aromatic rings.